The van der Waals surface area contributed by atoms with Crippen molar-refractivity contribution in [2.24, 2.45) is 11.0 Å². The van der Waals surface area contributed by atoms with Crippen molar-refractivity contribution in [3.05, 3.63) is 23.4 Å². The molecule has 4 heteroatoms. The van der Waals surface area contributed by atoms with Gasteiger partial charge < -0.3 is 5.32 Å². The Kier molecular flexibility index (Phi) is 3.60. The third-order valence-corrected chi connectivity index (χ3v) is 5.76. The second-order valence-corrected chi connectivity index (χ2v) is 8.79. The zero-order valence-corrected chi connectivity index (χ0v) is 15.4. The number of carbonyl (C=O) groups is 1. The molecule has 3 aliphatic rings. The van der Waals surface area contributed by atoms with Crippen LogP contribution in [0.3, 0.4) is 0 Å². The molecule has 0 bridgehead atoms. The minimum Gasteiger partial charge on any atom is -0.346 e. The van der Waals surface area contributed by atoms with Gasteiger partial charge in [0, 0.05) is 11.6 Å². The fourth-order valence-electron chi connectivity index (χ4n) is 3.92. The summed E-state index contributed by atoms with van der Waals surface area (Å²) in [7, 11) is 0. The normalized spacial score (nSPS) is 34.7. The van der Waals surface area contributed by atoms with Crippen molar-refractivity contribution in [1.82, 2.24) is 5.32 Å². The summed E-state index contributed by atoms with van der Waals surface area (Å²) in [6, 6.07) is 0. The maximum absolute atomic E-state index is 12.8. The predicted octanol–water partition coefficient (Wildman–Crippen LogP) is 3.51. The van der Waals surface area contributed by atoms with Crippen LogP contribution in [0.1, 0.15) is 60.8 Å². The SMILES string of the molecule is CC1=N[N+](CC2=C(C)CC(C)(C3CC3)NC2=O)(C(C)(C)C)C=C1. The van der Waals surface area contributed by atoms with Crippen molar-refractivity contribution in [2.45, 2.75) is 71.9 Å². The molecule has 0 radical (unpaired) electrons. The molecule has 2 aliphatic heterocycles. The topological polar surface area (TPSA) is 41.5 Å². The summed E-state index contributed by atoms with van der Waals surface area (Å²) in [5.74, 6) is 0.763. The van der Waals surface area contributed by atoms with Gasteiger partial charge in [-0.1, -0.05) is 10.7 Å². The zero-order valence-electron chi connectivity index (χ0n) is 15.4. The summed E-state index contributed by atoms with van der Waals surface area (Å²) >= 11 is 0. The smallest absolute Gasteiger partial charge is 0.253 e. The predicted molar refractivity (Wildman–Crippen MR) is 93.7 cm³/mol. The molecule has 0 aromatic carbocycles. The number of quaternary nitrogens is 1. The minimum absolute atomic E-state index is 0.0444. The first-order chi connectivity index (χ1) is 10.6. The van der Waals surface area contributed by atoms with E-state index >= 15 is 0 Å². The van der Waals surface area contributed by atoms with Crippen LogP contribution in [0.15, 0.2) is 28.5 Å². The third kappa shape index (κ3) is 2.78. The monoisotopic (exact) mass is 316 g/mol. The van der Waals surface area contributed by atoms with Gasteiger partial charge >= 0.3 is 0 Å². The van der Waals surface area contributed by atoms with Crippen LogP contribution < -0.4 is 5.32 Å². The molecule has 2 heterocycles. The molecule has 1 saturated carbocycles. The van der Waals surface area contributed by atoms with Gasteiger partial charge in [-0.05, 0) is 66.7 Å². The standard InChI is InChI=1S/C19H29N3O/c1-13-11-19(6,15-7-8-15)20-17(23)16(13)12-22(18(3,4)5)10-9-14(2)21-22/h9-10,15H,7-8,11-12H2,1-6H3/p+1. The molecular weight excluding hydrogens is 286 g/mol. The third-order valence-electron chi connectivity index (χ3n) is 5.76. The lowest BCUT2D eigenvalue weighted by Crippen LogP contribution is -2.57. The molecule has 3 rings (SSSR count). The fraction of sp³-hybridized carbons (Fsp3) is 0.684. The Hall–Kier alpha value is -1.42. The van der Waals surface area contributed by atoms with Crippen LogP contribution in [0.5, 0.6) is 0 Å². The van der Waals surface area contributed by atoms with E-state index in [1.807, 2.05) is 6.92 Å². The number of carbonyl (C=O) groups excluding carboxylic acids is 1. The molecule has 1 N–H and O–H groups in total. The van der Waals surface area contributed by atoms with Gasteiger partial charge in [0.05, 0.1) is 11.3 Å². The zero-order chi connectivity index (χ0) is 17.0. The molecule has 126 valence electrons. The van der Waals surface area contributed by atoms with E-state index in [0.29, 0.717) is 17.1 Å². The van der Waals surface area contributed by atoms with Crippen molar-refractivity contribution in [2.75, 3.05) is 6.54 Å². The summed E-state index contributed by atoms with van der Waals surface area (Å²) in [4.78, 5) is 12.8. The molecule has 1 amide bonds. The minimum atomic E-state index is -0.0843. The number of hydrogen-bond donors (Lipinski definition) is 1. The van der Waals surface area contributed by atoms with E-state index in [1.165, 1.54) is 18.4 Å². The van der Waals surface area contributed by atoms with Crippen molar-refractivity contribution in [3.8, 4) is 0 Å². The number of nitrogens with zero attached hydrogens (tertiary/aromatic N) is 2. The average molecular weight is 316 g/mol. The van der Waals surface area contributed by atoms with Gasteiger partial charge in [-0.15, -0.1) is 0 Å². The number of amides is 1. The molecule has 0 aromatic rings. The van der Waals surface area contributed by atoms with Crippen LogP contribution in [0.4, 0.5) is 0 Å². The molecule has 23 heavy (non-hydrogen) atoms. The largest absolute Gasteiger partial charge is 0.346 e. The lowest BCUT2D eigenvalue weighted by atomic mass is 9.82. The van der Waals surface area contributed by atoms with Gasteiger partial charge in [0.2, 0.25) is 0 Å². The Bertz CT molecular complexity index is 633. The van der Waals surface area contributed by atoms with Crippen molar-refractivity contribution >= 4 is 11.6 Å². The van der Waals surface area contributed by atoms with Crippen LogP contribution in [0, 0.1) is 5.92 Å². The molecule has 1 fully saturated rings. The first-order valence-corrected chi connectivity index (χ1v) is 8.71. The van der Waals surface area contributed by atoms with Crippen LogP contribution in [-0.2, 0) is 4.79 Å². The van der Waals surface area contributed by atoms with Gasteiger partial charge in [-0.2, -0.15) is 4.59 Å². The van der Waals surface area contributed by atoms with Crippen LogP contribution in [0.25, 0.3) is 0 Å². The van der Waals surface area contributed by atoms with E-state index in [0.717, 1.165) is 17.7 Å². The molecule has 4 nitrogen and oxygen atoms in total. The van der Waals surface area contributed by atoms with E-state index < -0.39 is 0 Å². The highest BCUT2D eigenvalue weighted by molar-refractivity contribution is 5.96. The lowest BCUT2D eigenvalue weighted by molar-refractivity contribution is -0.924. The molecule has 1 aliphatic carbocycles. The summed E-state index contributed by atoms with van der Waals surface area (Å²) in [5.41, 5.74) is 3.05. The van der Waals surface area contributed by atoms with Gasteiger partial charge in [-0.25, -0.2) is 0 Å². The summed E-state index contributed by atoms with van der Waals surface area (Å²) in [6.45, 7) is 13.5. The molecule has 0 aromatic heterocycles. The number of hydrogen-bond acceptors (Lipinski definition) is 2. The molecular formula is C19H30N3O+. The van der Waals surface area contributed by atoms with Gasteiger partial charge in [0.1, 0.15) is 18.3 Å². The Morgan fingerprint density at radius 2 is 2.00 bits per heavy atom. The highest BCUT2D eigenvalue weighted by atomic mass is 16.2. The molecule has 0 saturated heterocycles. The van der Waals surface area contributed by atoms with Crippen molar-refractivity contribution in [3.63, 3.8) is 0 Å². The van der Waals surface area contributed by atoms with E-state index in [4.69, 9.17) is 5.10 Å². The lowest BCUT2D eigenvalue weighted by Gasteiger charge is -2.42. The maximum atomic E-state index is 12.8. The number of allylic oxidation sites excluding steroid dienone is 1. The first-order valence-electron chi connectivity index (χ1n) is 8.71. The quantitative estimate of drug-likeness (QED) is 0.795. The average Bonchev–Trinajstić information content (AvgIpc) is 3.18. The fourth-order valence-corrected chi connectivity index (χ4v) is 3.92. The summed E-state index contributed by atoms with van der Waals surface area (Å²) < 4.78 is 0.471. The van der Waals surface area contributed by atoms with Crippen LogP contribution >= 0.6 is 0 Å². The maximum Gasteiger partial charge on any atom is 0.253 e. The van der Waals surface area contributed by atoms with E-state index in [-0.39, 0.29) is 17.0 Å². The summed E-state index contributed by atoms with van der Waals surface area (Å²) in [5, 5.41) is 8.18. The van der Waals surface area contributed by atoms with Gasteiger partial charge in [0.25, 0.3) is 5.91 Å². The van der Waals surface area contributed by atoms with Gasteiger partial charge in [-0.3, -0.25) is 4.79 Å². The Labute approximate surface area is 139 Å². The highest BCUT2D eigenvalue weighted by Gasteiger charge is 2.49. The Balaban J connectivity index is 1.92. The summed E-state index contributed by atoms with van der Waals surface area (Å²) in [6.07, 6.45) is 7.66. The van der Waals surface area contributed by atoms with Crippen molar-refractivity contribution < 1.29 is 9.39 Å². The second-order valence-electron chi connectivity index (χ2n) is 8.79. The van der Waals surface area contributed by atoms with Crippen LogP contribution in [0.2, 0.25) is 0 Å². The van der Waals surface area contributed by atoms with Crippen LogP contribution in [-0.4, -0.2) is 33.8 Å². The number of nitrogens with one attached hydrogen (secondary N) is 1. The van der Waals surface area contributed by atoms with E-state index in [2.05, 4.69) is 52.2 Å². The number of rotatable bonds is 3. The first kappa shape index (κ1) is 16.4. The molecule has 0 spiro atoms. The Morgan fingerprint density at radius 3 is 2.43 bits per heavy atom. The Morgan fingerprint density at radius 1 is 1.35 bits per heavy atom. The van der Waals surface area contributed by atoms with E-state index in [1.54, 1.807) is 0 Å². The van der Waals surface area contributed by atoms with E-state index in [9.17, 15) is 4.79 Å². The molecule has 2 atom stereocenters. The molecule has 2 unspecified atom stereocenters. The van der Waals surface area contributed by atoms with Gasteiger partial charge in [0.15, 0.2) is 0 Å². The highest BCUT2D eigenvalue weighted by Crippen LogP contribution is 2.45. The van der Waals surface area contributed by atoms with Crippen molar-refractivity contribution in [1.29, 1.82) is 0 Å². The second kappa shape index (κ2) is 5.04.